The number of halogens is 2. The molecule has 1 saturated heterocycles. The van der Waals surface area contributed by atoms with Crippen LogP contribution in [0.25, 0.3) is 0 Å². The van der Waals surface area contributed by atoms with Crippen LogP contribution in [0, 0.1) is 0 Å². The second kappa shape index (κ2) is 12.3. The van der Waals surface area contributed by atoms with Crippen molar-refractivity contribution in [3.63, 3.8) is 0 Å². The number of nitrogens with one attached hydrogen (secondary N) is 1. The number of furan rings is 1. The summed E-state index contributed by atoms with van der Waals surface area (Å²) >= 11 is 6.84. The third-order valence-electron chi connectivity index (χ3n) is 4.35. The van der Waals surface area contributed by atoms with Crippen LogP contribution in [0.2, 0.25) is 0 Å². The average molecular weight is 516 g/mol. The number of nitrogens with zero attached hydrogens (tertiary/aromatic N) is 1. The number of amides is 1. The minimum Gasteiger partial charge on any atom is -0.491 e. The molecule has 0 spiro atoms. The Hall–Kier alpha value is -1.31. The first-order valence-corrected chi connectivity index (χ1v) is 11.4. The van der Waals surface area contributed by atoms with Gasteiger partial charge in [0.05, 0.1) is 8.95 Å². The lowest BCUT2D eigenvalue weighted by Gasteiger charge is -2.15. The van der Waals surface area contributed by atoms with E-state index in [1.165, 1.54) is 32.2 Å². The van der Waals surface area contributed by atoms with E-state index in [1.807, 2.05) is 32.0 Å². The third-order valence-corrected chi connectivity index (χ3v) is 5.39. The van der Waals surface area contributed by atoms with Gasteiger partial charge in [0.15, 0.2) is 5.76 Å². The molecule has 0 unspecified atom stereocenters. The molecular formula is C21H28Br2N2O3. The van der Waals surface area contributed by atoms with E-state index in [-0.39, 0.29) is 5.91 Å². The molecule has 0 bridgehead atoms. The van der Waals surface area contributed by atoms with Crippen LogP contribution < -0.4 is 10.1 Å². The maximum atomic E-state index is 11.9. The van der Waals surface area contributed by atoms with Crippen molar-refractivity contribution in [1.82, 2.24) is 10.2 Å². The number of likely N-dealkylation sites (tertiary alicyclic amines) is 1. The van der Waals surface area contributed by atoms with Gasteiger partial charge in [0.2, 0.25) is 0 Å². The van der Waals surface area contributed by atoms with E-state index in [0.29, 0.717) is 18.9 Å². The van der Waals surface area contributed by atoms with Crippen molar-refractivity contribution in [3.05, 3.63) is 50.8 Å². The number of carbonyl (C=O) groups excluding carboxylic acids is 1. The smallest absolute Gasteiger partial charge is 0.287 e. The molecule has 7 heteroatoms. The van der Waals surface area contributed by atoms with E-state index in [4.69, 9.17) is 9.15 Å². The van der Waals surface area contributed by atoms with E-state index in [1.54, 1.807) is 6.07 Å². The molecule has 28 heavy (non-hydrogen) atoms. The van der Waals surface area contributed by atoms with Crippen molar-refractivity contribution in [2.24, 2.45) is 0 Å². The number of hydrogen-bond donors (Lipinski definition) is 1. The lowest BCUT2D eigenvalue weighted by molar-refractivity contribution is 0.0926. The Balaban J connectivity index is 0.00000136. The zero-order valence-electron chi connectivity index (χ0n) is 16.5. The second-order valence-corrected chi connectivity index (χ2v) is 8.07. The third kappa shape index (κ3) is 7.26. The zero-order chi connectivity index (χ0) is 20.4. The molecule has 0 atom stereocenters. The van der Waals surface area contributed by atoms with Crippen molar-refractivity contribution in [2.45, 2.75) is 33.1 Å². The molecule has 3 rings (SSSR count). The summed E-state index contributed by atoms with van der Waals surface area (Å²) < 4.78 is 12.7. The highest BCUT2D eigenvalue weighted by Gasteiger charge is 2.12. The van der Waals surface area contributed by atoms with Gasteiger partial charge in [0, 0.05) is 19.2 Å². The molecule has 5 nitrogen and oxygen atoms in total. The molecule has 0 radical (unpaired) electrons. The fraction of sp³-hybridized carbons (Fsp3) is 0.476. The zero-order valence-corrected chi connectivity index (χ0v) is 19.6. The predicted molar refractivity (Wildman–Crippen MR) is 119 cm³/mol. The summed E-state index contributed by atoms with van der Waals surface area (Å²) in [5, 5.41) is 2.85. The number of carbonyl (C=O) groups is 1. The van der Waals surface area contributed by atoms with E-state index in [2.05, 4.69) is 42.1 Å². The minimum atomic E-state index is -0.211. The topological polar surface area (TPSA) is 54.7 Å². The van der Waals surface area contributed by atoms with Gasteiger partial charge in [-0.05, 0) is 81.9 Å². The minimum absolute atomic E-state index is 0.211. The van der Waals surface area contributed by atoms with Crippen LogP contribution in [-0.4, -0.2) is 43.6 Å². The monoisotopic (exact) mass is 514 g/mol. The Morgan fingerprint density at radius 1 is 1.21 bits per heavy atom. The summed E-state index contributed by atoms with van der Waals surface area (Å²) in [5.74, 6) is 0.953. The van der Waals surface area contributed by atoms with Gasteiger partial charge < -0.3 is 14.5 Å². The van der Waals surface area contributed by atoms with Gasteiger partial charge in [-0.2, -0.15) is 0 Å². The molecule has 1 aromatic carbocycles. The van der Waals surface area contributed by atoms with Gasteiger partial charge in [-0.3, -0.25) is 9.69 Å². The molecule has 1 aliphatic rings. The van der Waals surface area contributed by atoms with Gasteiger partial charge >= 0.3 is 0 Å². The van der Waals surface area contributed by atoms with Crippen molar-refractivity contribution in [2.75, 3.05) is 32.8 Å². The Labute approximate surface area is 184 Å². The first kappa shape index (κ1) is 23.0. The van der Waals surface area contributed by atoms with E-state index >= 15 is 0 Å². The molecule has 1 amide bonds. The number of benzene rings is 1. The molecular weight excluding hydrogens is 488 g/mol. The van der Waals surface area contributed by atoms with Crippen molar-refractivity contribution < 1.29 is 13.9 Å². The van der Waals surface area contributed by atoms with Crippen LogP contribution in [0.1, 0.15) is 42.8 Å². The number of rotatable bonds is 8. The van der Waals surface area contributed by atoms with Crippen LogP contribution in [-0.2, 0) is 6.42 Å². The standard InChI is InChI=1S/C19H22Br2N2O3.C2H6/c20-15-12-18(26-13-15)19(24)22-6-5-14-3-4-17(16(21)11-14)25-10-9-23-7-1-2-8-23;1-2/h3-4,11-13H,1-2,5-10H2,(H,22,24);1-2H3. The van der Waals surface area contributed by atoms with Crippen LogP contribution in [0.3, 0.4) is 0 Å². The summed E-state index contributed by atoms with van der Waals surface area (Å²) in [6, 6.07) is 7.71. The average Bonchev–Trinajstić information content (AvgIpc) is 3.37. The number of ether oxygens (including phenoxy) is 1. The summed E-state index contributed by atoms with van der Waals surface area (Å²) in [7, 11) is 0. The second-order valence-electron chi connectivity index (χ2n) is 6.30. The van der Waals surface area contributed by atoms with Crippen LogP contribution in [0.5, 0.6) is 5.75 Å². The molecule has 1 N–H and O–H groups in total. The lowest BCUT2D eigenvalue weighted by atomic mass is 10.1. The highest BCUT2D eigenvalue weighted by atomic mass is 79.9. The largest absolute Gasteiger partial charge is 0.491 e. The summed E-state index contributed by atoms with van der Waals surface area (Å²) in [6.45, 7) is 8.59. The highest BCUT2D eigenvalue weighted by molar-refractivity contribution is 9.10. The molecule has 1 fully saturated rings. The molecule has 1 aliphatic heterocycles. The molecule has 0 saturated carbocycles. The first-order chi connectivity index (χ1) is 13.6. The fourth-order valence-electron chi connectivity index (χ4n) is 2.95. The van der Waals surface area contributed by atoms with Gasteiger partial charge in [-0.15, -0.1) is 0 Å². The van der Waals surface area contributed by atoms with E-state index in [9.17, 15) is 4.79 Å². The first-order valence-electron chi connectivity index (χ1n) is 9.77. The molecule has 154 valence electrons. The Morgan fingerprint density at radius 2 is 1.96 bits per heavy atom. The van der Waals surface area contributed by atoms with Crippen molar-refractivity contribution in [1.29, 1.82) is 0 Å². The van der Waals surface area contributed by atoms with Crippen LogP contribution >= 0.6 is 31.9 Å². The summed E-state index contributed by atoms with van der Waals surface area (Å²) in [6.07, 6.45) is 4.83. The Kier molecular flexibility index (Phi) is 10.1. The fourth-order valence-corrected chi connectivity index (χ4v) is 3.79. The Bertz CT molecular complexity index is 743. The Morgan fingerprint density at radius 3 is 2.61 bits per heavy atom. The normalized spacial score (nSPS) is 13.7. The van der Waals surface area contributed by atoms with Crippen LogP contribution in [0.4, 0.5) is 0 Å². The number of hydrogen-bond acceptors (Lipinski definition) is 4. The molecule has 1 aromatic heterocycles. The molecule has 2 aromatic rings. The SMILES string of the molecule is CC.O=C(NCCc1ccc(OCCN2CCCC2)c(Br)c1)c1cc(Br)co1. The van der Waals surface area contributed by atoms with Gasteiger partial charge in [0.1, 0.15) is 18.6 Å². The van der Waals surface area contributed by atoms with Gasteiger partial charge in [0.25, 0.3) is 5.91 Å². The summed E-state index contributed by atoms with van der Waals surface area (Å²) in [5.41, 5.74) is 1.13. The van der Waals surface area contributed by atoms with E-state index < -0.39 is 0 Å². The maximum Gasteiger partial charge on any atom is 0.287 e. The maximum absolute atomic E-state index is 11.9. The quantitative estimate of drug-likeness (QED) is 0.519. The van der Waals surface area contributed by atoms with E-state index in [0.717, 1.165) is 33.2 Å². The predicted octanol–water partition coefficient (Wildman–Crippen LogP) is 5.28. The molecule has 2 heterocycles. The summed E-state index contributed by atoms with van der Waals surface area (Å²) in [4.78, 5) is 14.4. The van der Waals surface area contributed by atoms with Gasteiger partial charge in [-0.1, -0.05) is 19.9 Å². The molecule has 0 aliphatic carbocycles. The lowest BCUT2D eigenvalue weighted by Crippen LogP contribution is -2.25. The highest BCUT2D eigenvalue weighted by Crippen LogP contribution is 2.26. The van der Waals surface area contributed by atoms with Crippen LogP contribution in [0.15, 0.2) is 43.9 Å². The van der Waals surface area contributed by atoms with Crippen molar-refractivity contribution >= 4 is 37.8 Å². The van der Waals surface area contributed by atoms with Gasteiger partial charge in [-0.25, -0.2) is 0 Å². The van der Waals surface area contributed by atoms with Crippen molar-refractivity contribution in [3.8, 4) is 5.75 Å².